The Morgan fingerprint density at radius 1 is 1.28 bits per heavy atom. The number of amides is 1. The average molecular weight is 344 g/mol. The number of anilines is 1. The second kappa shape index (κ2) is 7.50. The van der Waals surface area contributed by atoms with E-state index in [1.807, 2.05) is 26.8 Å². The standard InChI is InChI=1S/C19H29BN2O3/c1-12(2)11-20(13(3)4)14-8-9-16-15(10-14)21-17(24-16)22-18(23)25-19(5,6)7/h8-10,12-13H,11H2,1-7H3,(H,21,22,23). The Hall–Kier alpha value is -1.98. The maximum Gasteiger partial charge on any atom is 0.415 e. The smallest absolute Gasteiger partial charge is 0.415 e. The van der Waals surface area contributed by atoms with Crippen LogP contribution < -0.4 is 10.8 Å². The monoisotopic (exact) mass is 344 g/mol. The summed E-state index contributed by atoms with van der Waals surface area (Å²) in [6, 6.07) is 6.24. The van der Waals surface area contributed by atoms with Gasteiger partial charge in [0.05, 0.1) is 0 Å². The Balaban J connectivity index is 2.22. The quantitative estimate of drug-likeness (QED) is 0.780. The summed E-state index contributed by atoms with van der Waals surface area (Å²) in [5.74, 6) is 1.18. The van der Waals surface area contributed by atoms with Gasteiger partial charge in [0, 0.05) is 0 Å². The summed E-state index contributed by atoms with van der Waals surface area (Å²) in [5.41, 5.74) is 2.10. The second-order valence-corrected chi connectivity index (χ2v) is 8.35. The Bertz CT molecular complexity index is 732. The van der Waals surface area contributed by atoms with E-state index in [1.54, 1.807) is 0 Å². The molecule has 1 N–H and O–H groups in total. The van der Waals surface area contributed by atoms with Gasteiger partial charge in [-0.25, -0.2) is 10.1 Å². The fourth-order valence-electron chi connectivity index (χ4n) is 2.92. The van der Waals surface area contributed by atoms with Crippen molar-refractivity contribution in [1.29, 1.82) is 0 Å². The Labute approximate surface area is 150 Å². The molecule has 0 aliphatic heterocycles. The van der Waals surface area contributed by atoms with Gasteiger partial charge in [-0.15, -0.1) is 0 Å². The molecule has 1 aromatic heterocycles. The zero-order valence-electron chi connectivity index (χ0n) is 16.3. The van der Waals surface area contributed by atoms with Crippen LogP contribution >= 0.6 is 0 Å². The number of oxazole rings is 1. The zero-order valence-corrected chi connectivity index (χ0v) is 16.3. The molecule has 0 aliphatic carbocycles. The molecule has 0 radical (unpaired) electrons. The molecule has 0 saturated carbocycles. The molecule has 0 atom stereocenters. The first kappa shape index (κ1) is 19.4. The SMILES string of the molecule is CC(C)CB(c1ccc2oc(NC(=O)OC(C)(C)C)nc2c1)C(C)C. The first-order valence-corrected chi connectivity index (χ1v) is 8.95. The molecule has 0 bridgehead atoms. The lowest BCUT2D eigenvalue weighted by atomic mass is 9.35. The van der Waals surface area contributed by atoms with E-state index < -0.39 is 11.7 Å². The average Bonchev–Trinajstić information content (AvgIpc) is 2.82. The summed E-state index contributed by atoms with van der Waals surface area (Å²) in [6.45, 7) is 14.9. The molecule has 1 amide bonds. The molecule has 0 spiro atoms. The van der Waals surface area contributed by atoms with Crippen molar-refractivity contribution in [2.24, 2.45) is 5.92 Å². The zero-order chi connectivity index (χ0) is 18.8. The lowest BCUT2D eigenvalue weighted by molar-refractivity contribution is 0.0632. The summed E-state index contributed by atoms with van der Waals surface area (Å²) in [7, 11) is 0. The van der Waals surface area contributed by atoms with Crippen LogP contribution in [0.1, 0.15) is 48.5 Å². The van der Waals surface area contributed by atoms with Gasteiger partial charge in [-0.3, -0.25) is 0 Å². The number of fused-ring (bicyclic) bond motifs is 1. The van der Waals surface area contributed by atoms with E-state index in [-0.39, 0.29) is 6.01 Å². The third kappa shape index (κ3) is 5.51. The third-order valence-corrected chi connectivity index (χ3v) is 3.98. The van der Waals surface area contributed by atoms with Crippen LogP contribution in [0.5, 0.6) is 0 Å². The molecular formula is C19H29BN2O3. The first-order valence-electron chi connectivity index (χ1n) is 8.95. The number of aromatic nitrogens is 1. The van der Waals surface area contributed by atoms with E-state index in [0.717, 1.165) is 11.8 Å². The molecule has 6 heteroatoms. The Morgan fingerprint density at radius 3 is 2.52 bits per heavy atom. The molecular weight excluding hydrogens is 315 g/mol. The third-order valence-electron chi connectivity index (χ3n) is 3.98. The van der Waals surface area contributed by atoms with Gasteiger partial charge in [-0.05, 0) is 32.9 Å². The minimum Gasteiger partial charge on any atom is -0.443 e. The van der Waals surface area contributed by atoms with Crippen molar-refractivity contribution in [3.05, 3.63) is 18.2 Å². The maximum atomic E-state index is 11.9. The van der Waals surface area contributed by atoms with Crippen molar-refractivity contribution in [1.82, 2.24) is 4.98 Å². The number of hydrogen-bond donors (Lipinski definition) is 1. The van der Waals surface area contributed by atoms with Crippen LogP contribution in [0, 0.1) is 5.92 Å². The molecule has 136 valence electrons. The molecule has 0 aliphatic rings. The van der Waals surface area contributed by atoms with E-state index >= 15 is 0 Å². The van der Waals surface area contributed by atoms with Gasteiger partial charge in [0.15, 0.2) is 12.3 Å². The molecule has 0 unspecified atom stereocenters. The number of hydrogen-bond acceptors (Lipinski definition) is 4. The van der Waals surface area contributed by atoms with Crippen LogP contribution in [-0.4, -0.2) is 23.4 Å². The van der Waals surface area contributed by atoms with Crippen molar-refractivity contribution >= 4 is 35.4 Å². The van der Waals surface area contributed by atoms with Crippen LogP contribution in [0.3, 0.4) is 0 Å². The highest BCUT2D eigenvalue weighted by atomic mass is 16.6. The molecule has 0 fully saturated rings. The molecule has 2 rings (SSSR count). The van der Waals surface area contributed by atoms with E-state index in [1.165, 1.54) is 5.46 Å². The highest BCUT2D eigenvalue weighted by molar-refractivity contribution is 6.74. The van der Waals surface area contributed by atoms with E-state index in [2.05, 4.69) is 50.1 Å². The predicted molar refractivity (Wildman–Crippen MR) is 104 cm³/mol. The van der Waals surface area contributed by atoms with Gasteiger partial charge < -0.3 is 9.15 Å². The number of rotatable bonds is 5. The van der Waals surface area contributed by atoms with Gasteiger partial charge in [0.25, 0.3) is 0 Å². The van der Waals surface area contributed by atoms with E-state index in [9.17, 15) is 4.79 Å². The Morgan fingerprint density at radius 2 is 1.96 bits per heavy atom. The highest BCUT2D eigenvalue weighted by Gasteiger charge is 2.23. The summed E-state index contributed by atoms with van der Waals surface area (Å²) >= 11 is 0. The summed E-state index contributed by atoms with van der Waals surface area (Å²) in [6.07, 6.45) is 0.559. The number of nitrogens with zero attached hydrogens (tertiary/aromatic N) is 1. The molecule has 1 heterocycles. The minimum absolute atomic E-state index is 0.159. The van der Waals surface area contributed by atoms with Crippen molar-refractivity contribution in [2.45, 2.75) is 66.2 Å². The summed E-state index contributed by atoms with van der Waals surface area (Å²) in [4.78, 5) is 16.2. The van der Waals surface area contributed by atoms with E-state index in [0.29, 0.717) is 24.0 Å². The fourth-order valence-corrected chi connectivity index (χ4v) is 2.92. The van der Waals surface area contributed by atoms with Crippen LogP contribution in [0.25, 0.3) is 11.1 Å². The Kier molecular flexibility index (Phi) is 5.81. The molecule has 5 nitrogen and oxygen atoms in total. The number of ether oxygens (including phenoxy) is 1. The van der Waals surface area contributed by atoms with Crippen LogP contribution in [-0.2, 0) is 4.74 Å². The van der Waals surface area contributed by atoms with Gasteiger partial charge in [-0.2, -0.15) is 4.98 Å². The minimum atomic E-state index is -0.570. The van der Waals surface area contributed by atoms with Crippen LogP contribution in [0.4, 0.5) is 10.8 Å². The van der Waals surface area contributed by atoms with Gasteiger partial charge >= 0.3 is 12.1 Å². The van der Waals surface area contributed by atoms with Crippen molar-refractivity contribution in [2.75, 3.05) is 5.32 Å². The lowest BCUT2D eigenvalue weighted by Crippen LogP contribution is -2.34. The molecule has 2 aromatic rings. The fraction of sp³-hybridized carbons (Fsp3) is 0.579. The summed E-state index contributed by atoms with van der Waals surface area (Å²) < 4.78 is 10.8. The van der Waals surface area contributed by atoms with Crippen molar-refractivity contribution in [3.63, 3.8) is 0 Å². The first-order chi connectivity index (χ1) is 11.5. The van der Waals surface area contributed by atoms with Crippen molar-refractivity contribution in [3.8, 4) is 0 Å². The lowest BCUT2D eigenvalue weighted by Gasteiger charge is -2.19. The molecule has 1 aromatic carbocycles. The van der Waals surface area contributed by atoms with Crippen LogP contribution in [0.2, 0.25) is 12.1 Å². The van der Waals surface area contributed by atoms with Crippen molar-refractivity contribution < 1.29 is 13.9 Å². The van der Waals surface area contributed by atoms with Gasteiger partial charge in [0.1, 0.15) is 11.1 Å². The number of nitrogens with one attached hydrogen (secondary N) is 1. The number of carbonyl (C=O) groups is 1. The largest absolute Gasteiger partial charge is 0.443 e. The van der Waals surface area contributed by atoms with Crippen LogP contribution in [0.15, 0.2) is 22.6 Å². The van der Waals surface area contributed by atoms with E-state index in [4.69, 9.17) is 9.15 Å². The molecule has 25 heavy (non-hydrogen) atoms. The van der Waals surface area contributed by atoms with Gasteiger partial charge in [-0.1, -0.05) is 57.3 Å². The number of benzene rings is 1. The highest BCUT2D eigenvalue weighted by Crippen LogP contribution is 2.22. The normalized spacial score (nSPS) is 12.0. The summed E-state index contributed by atoms with van der Waals surface area (Å²) in [5, 5.41) is 2.55. The predicted octanol–water partition coefficient (Wildman–Crippen LogP) is 4.94. The second-order valence-electron chi connectivity index (χ2n) is 8.35. The molecule has 0 saturated heterocycles. The maximum absolute atomic E-state index is 11.9. The number of carbonyl (C=O) groups excluding carboxylic acids is 1. The topological polar surface area (TPSA) is 64.4 Å². The van der Waals surface area contributed by atoms with Gasteiger partial charge in [0.2, 0.25) is 0 Å².